The number of hydrogen-bond acceptors (Lipinski definition) is 3. The molecule has 4 heteroatoms. The molecule has 0 N–H and O–H groups in total. The van der Waals surface area contributed by atoms with Crippen molar-refractivity contribution in [1.29, 1.82) is 0 Å². The Labute approximate surface area is 328 Å². The summed E-state index contributed by atoms with van der Waals surface area (Å²) in [6, 6.07) is 67.5. The zero-order valence-electron chi connectivity index (χ0n) is 30.6. The highest BCUT2D eigenvalue weighted by Gasteiger charge is 2.52. The minimum atomic E-state index is -0.468. The Bertz CT molecular complexity index is 3440. The van der Waals surface area contributed by atoms with Crippen molar-refractivity contribution in [3.05, 3.63) is 210 Å². The average molecular weight is 726 g/mol. The molecule has 3 heterocycles. The normalized spacial score (nSPS) is 13.4. The Hall–Kier alpha value is -7.56. The maximum atomic E-state index is 6.38. The highest BCUT2D eigenvalue weighted by Crippen LogP contribution is 2.64. The van der Waals surface area contributed by atoms with E-state index < -0.39 is 5.41 Å². The van der Waals surface area contributed by atoms with Crippen LogP contribution in [0.3, 0.4) is 0 Å². The van der Waals surface area contributed by atoms with E-state index in [9.17, 15) is 0 Å². The van der Waals surface area contributed by atoms with E-state index in [1.807, 2.05) is 24.3 Å². The van der Waals surface area contributed by atoms with Crippen LogP contribution in [0.25, 0.3) is 94.5 Å². The molecule has 8 aromatic carbocycles. The summed E-state index contributed by atoms with van der Waals surface area (Å²) in [5, 5.41) is 4.46. The van der Waals surface area contributed by atoms with E-state index in [0.717, 1.165) is 55.5 Å². The molecule has 0 bridgehead atoms. The van der Waals surface area contributed by atoms with Gasteiger partial charge in [-0.05, 0) is 63.2 Å². The molecule has 0 saturated carbocycles. The van der Waals surface area contributed by atoms with Gasteiger partial charge >= 0.3 is 0 Å². The Morgan fingerprint density at radius 1 is 0.421 bits per heavy atom. The summed E-state index contributed by atoms with van der Waals surface area (Å²) in [5.41, 5.74) is 17.4. The van der Waals surface area contributed by atoms with Gasteiger partial charge in [-0.1, -0.05) is 164 Å². The van der Waals surface area contributed by atoms with E-state index in [2.05, 4.69) is 168 Å². The van der Waals surface area contributed by atoms with Crippen LogP contribution >= 0.6 is 0 Å². The van der Waals surface area contributed by atoms with Crippen LogP contribution in [0.4, 0.5) is 0 Å². The molecular formula is C53H31N3O. The van der Waals surface area contributed by atoms with Gasteiger partial charge < -0.3 is 4.42 Å². The van der Waals surface area contributed by atoms with Gasteiger partial charge in [0.25, 0.3) is 0 Å². The van der Waals surface area contributed by atoms with Crippen LogP contribution in [-0.4, -0.2) is 14.5 Å². The molecule has 2 aliphatic rings. The summed E-state index contributed by atoms with van der Waals surface area (Å²) in [7, 11) is 0. The van der Waals surface area contributed by atoms with E-state index in [1.165, 1.54) is 55.3 Å². The van der Waals surface area contributed by atoms with Gasteiger partial charge in [0, 0.05) is 38.2 Å². The first-order valence-corrected chi connectivity index (χ1v) is 19.5. The fourth-order valence-corrected chi connectivity index (χ4v) is 10.3. The highest BCUT2D eigenvalue weighted by molar-refractivity contribution is 6.17. The lowest BCUT2D eigenvalue weighted by atomic mass is 9.70. The van der Waals surface area contributed by atoms with Crippen LogP contribution in [0.15, 0.2) is 192 Å². The van der Waals surface area contributed by atoms with Crippen molar-refractivity contribution in [1.82, 2.24) is 14.5 Å². The number of fused-ring (bicyclic) bond motifs is 17. The molecule has 1 spiro atoms. The van der Waals surface area contributed by atoms with Gasteiger partial charge in [-0.2, -0.15) is 0 Å². The number of rotatable bonds is 3. The summed E-state index contributed by atoms with van der Waals surface area (Å²) in [6.07, 6.45) is 0. The van der Waals surface area contributed by atoms with Gasteiger partial charge in [0.15, 0.2) is 0 Å². The van der Waals surface area contributed by atoms with Crippen molar-refractivity contribution >= 4 is 43.7 Å². The molecule has 0 saturated heterocycles. The van der Waals surface area contributed by atoms with Crippen molar-refractivity contribution in [2.45, 2.75) is 5.41 Å². The number of hydrogen-bond donors (Lipinski definition) is 0. The molecule has 0 fully saturated rings. The summed E-state index contributed by atoms with van der Waals surface area (Å²) >= 11 is 0. The fraction of sp³-hybridized carbons (Fsp3) is 0.0189. The molecule has 0 unspecified atom stereocenters. The molecule has 264 valence electrons. The standard InChI is InChI=1S/C53H31N3O/c1-2-15-32(16-3-1)44-31-45(38-22-14-28-48-49(38)39-21-8-13-27-47(39)57-48)55-52(54-44)56-46-26-12-7-19-35(46)36-29-30-43-50(51(36)56)37-20-6-11-25-42(37)53(43)40-23-9-4-17-33(40)34-18-5-10-24-41(34)53/h1-31H. The molecule has 4 nitrogen and oxygen atoms in total. The highest BCUT2D eigenvalue weighted by atomic mass is 16.3. The van der Waals surface area contributed by atoms with E-state index in [0.29, 0.717) is 5.95 Å². The second-order valence-corrected chi connectivity index (χ2v) is 15.2. The van der Waals surface area contributed by atoms with Gasteiger partial charge in [-0.15, -0.1) is 0 Å². The second-order valence-electron chi connectivity index (χ2n) is 15.2. The molecule has 3 aromatic heterocycles. The largest absolute Gasteiger partial charge is 0.456 e. The minimum Gasteiger partial charge on any atom is -0.456 e. The van der Waals surface area contributed by atoms with E-state index >= 15 is 0 Å². The average Bonchev–Trinajstić information content (AvgIpc) is 4.00. The van der Waals surface area contributed by atoms with Crippen molar-refractivity contribution in [2.75, 3.05) is 0 Å². The molecule has 13 rings (SSSR count). The predicted molar refractivity (Wildman–Crippen MR) is 231 cm³/mol. The molecule has 0 amide bonds. The van der Waals surface area contributed by atoms with Gasteiger partial charge in [0.05, 0.1) is 27.8 Å². The summed E-state index contributed by atoms with van der Waals surface area (Å²) in [5.74, 6) is 0.626. The van der Waals surface area contributed by atoms with E-state index in [1.54, 1.807) is 0 Å². The molecule has 0 radical (unpaired) electrons. The first-order chi connectivity index (χ1) is 28.3. The first kappa shape index (κ1) is 30.7. The molecule has 57 heavy (non-hydrogen) atoms. The molecule has 2 aliphatic carbocycles. The quantitative estimate of drug-likeness (QED) is 0.182. The monoisotopic (exact) mass is 725 g/mol. The predicted octanol–water partition coefficient (Wildman–Crippen LogP) is 13.2. The van der Waals surface area contributed by atoms with Crippen LogP contribution < -0.4 is 0 Å². The van der Waals surface area contributed by atoms with Crippen molar-refractivity contribution < 1.29 is 4.42 Å². The third kappa shape index (κ3) is 3.96. The summed E-state index contributed by atoms with van der Waals surface area (Å²) < 4.78 is 8.71. The van der Waals surface area contributed by atoms with Crippen LogP contribution in [-0.2, 0) is 5.41 Å². The summed E-state index contributed by atoms with van der Waals surface area (Å²) in [6.45, 7) is 0. The van der Waals surface area contributed by atoms with Crippen LogP contribution in [0.2, 0.25) is 0 Å². The lowest BCUT2D eigenvalue weighted by Crippen LogP contribution is -2.25. The second kappa shape index (κ2) is 11.2. The zero-order chi connectivity index (χ0) is 37.2. The van der Waals surface area contributed by atoms with Gasteiger partial charge in [-0.3, -0.25) is 4.57 Å². The number of nitrogens with zero attached hydrogens (tertiary/aromatic N) is 3. The minimum absolute atomic E-state index is 0.468. The zero-order valence-corrected chi connectivity index (χ0v) is 30.6. The maximum absolute atomic E-state index is 6.38. The van der Waals surface area contributed by atoms with Crippen LogP contribution in [0, 0.1) is 0 Å². The topological polar surface area (TPSA) is 43.9 Å². The van der Waals surface area contributed by atoms with Crippen LogP contribution in [0.1, 0.15) is 22.3 Å². The number of aromatic nitrogens is 3. The SMILES string of the molecule is c1ccc(-c2cc(-c3cccc4oc5ccccc5c34)nc(-n3c4ccccc4c4ccc5c(c43)-c3ccccc3C53c4ccccc4-c4ccccc43)n2)cc1. The van der Waals surface area contributed by atoms with Gasteiger partial charge in [-0.25, -0.2) is 9.97 Å². The maximum Gasteiger partial charge on any atom is 0.235 e. The van der Waals surface area contributed by atoms with Crippen molar-refractivity contribution in [3.63, 3.8) is 0 Å². The van der Waals surface area contributed by atoms with Crippen molar-refractivity contribution in [2.24, 2.45) is 0 Å². The molecule has 0 aliphatic heterocycles. The Morgan fingerprint density at radius 2 is 1.02 bits per heavy atom. The number of para-hydroxylation sites is 2. The van der Waals surface area contributed by atoms with E-state index in [-0.39, 0.29) is 0 Å². The summed E-state index contributed by atoms with van der Waals surface area (Å²) in [4.78, 5) is 11.0. The lowest BCUT2D eigenvalue weighted by Gasteiger charge is -2.30. The number of furan rings is 1. The smallest absolute Gasteiger partial charge is 0.235 e. The van der Waals surface area contributed by atoms with Gasteiger partial charge in [0.2, 0.25) is 5.95 Å². The Balaban J connectivity index is 1.18. The first-order valence-electron chi connectivity index (χ1n) is 19.5. The fourth-order valence-electron chi connectivity index (χ4n) is 10.3. The molecule has 0 atom stereocenters. The Morgan fingerprint density at radius 3 is 1.81 bits per heavy atom. The Kier molecular flexibility index (Phi) is 6.07. The number of benzene rings is 8. The van der Waals surface area contributed by atoms with Crippen molar-refractivity contribution in [3.8, 4) is 50.7 Å². The molecule has 11 aromatic rings. The lowest BCUT2D eigenvalue weighted by molar-refractivity contribution is 0.669. The molecular weight excluding hydrogens is 695 g/mol. The third-order valence-corrected chi connectivity index (χ3v) is 12.5. The van der Waals surface area contributed by atoms with Gasteiger partial charge in [0.1, 0.15) is 11.2 Å². The van der Waals surface area contributed by atoms with E-state index in [4.69, 9.17) is 14.4 Å². The third-order valence-electron chi connectivity index (χ3n) is 12.5. The van der Waals surface area contributed by atoms with Crippen LogP contribution in [0.5, 0.6) is 0 Å².